The van der Waals surface area contributed by atoms with Crippen molar-refractivity contribution in [2.45, 2.75) is 52.7 Å². The Balaban J connectivity index is 1.73. The molecule has 2 heterocycles. The van der Waals surface area contributed by atoms with Gasteiger partial charge in [0.25, 0.3) is 0 Å². The van der Waals surface area contributed by atoms with Gasteiger partial charge in [0.15, 0.2) is 0 Å². The van der Waals surface area contributed by atoms with Crippen LogP contribution in [-0.4, -0.2) is 69.5 Å². The van der Waals surface area contributed by atoms with E-state index in [4.69, 9.17) is 15.7 Å². The summed E-state index contributed by atoms with van der Waals surface area (Å²) >= 11 is 0. The Bertz CT molecular complexity index is 962. The SMILES string of the molecule is CC(C)[C@H](Nc1nc(CN2CCN(C(=O)NC(C)(C)C)CC2)nc2ccccc12)C(N)=O. The van der Waals surface area contributed by atoms with E-state index < -0.39 is 11.9 Å². The minimum absolute atomic E-state index is 0.0250. The predicted molar refractivity (Wildman–Crippen MR) is 126 cm³/mol. The van der Waals surface area contributed by atoms with Gasteiger partial charge < -0.3 is 21.3 Å². The lowest BCUT2D eigenvalue weighted by atomic mass is 10.0. The molecular formula is C23H35N7O2. The number of benzene rings is 1. The number of carbonyl (C=O) groups is 2. The van der Waals surface area contributed by atoms with E-state index in [0.29, 0.717) is 31.3 Å². The smallest absolute Gasteiger partial charge is 0.317 e. The molecule has 9 nitrogen and oxygen atoms in total. The molecule has 0 bridgehead atoms. The van der Waals surface area contributed by atoms with Gasteiger partial charge in [-0.2, -0.15) is 0 Å². The minimum atomic E-state index is -0.522. The Hall–Kier alpha value is -2.94. The molecule has 1 fully saturated rings. The fourth-order valence-electron chi connectivity index (χ4n) is 3.73. The van der Waals surface area contributed by atoms with E-state index in [9.17, 15) is 9.59 Å². The lowest BCUT2D eigenvalue weighted by molar-refractivity contribution is -0.119. The van der Waals surface area contributed by atoms with Crippen molar-refractivity contribution in [1.29, 1.82) is 0 Å². The van der Waals surface area contributed by atoms with E-state index in [2.05, 4.69) is 15.5 Å². The molecule has 9 heteroatoms. The van der Waals surface area contributed by atoms with Gasteiger partial charge in [0.05, 0.1) is 12.1 Å². The van der Waals surface area contributed by atoms with Gasteiger partial charge in [-0.05, 0) is 38.8 Å². The molecule has 2 aromatic rings. The molecule has 1 atom stereocenters. The number of fused-ring (bicyclic) bond motifs is 1. The number of nitrogens with one attached hydrogen (secondary N) is 2. The first-order chi connectivity index (χ1) is 15.0. The van der Waals surface area contributed by atoms with Crippen molar-refractivity contribution in [1.82, 2.24) is 25.1 Å². The maximum absolute atomic E-state index is 12.4. The van der Waals surface area contributed by atoms with Crippen molar-refractivity contribution in [2.75, 3.05) is 31.5 Å². The number of nitrogens with zero attached hydrogens (tertiary/aromatic N) is 4. The van der Waals surface area contributed by atoms with Crippen molar-refractivity contribution >= 4 is 28.7 Å². The van der Waals surface area contributed by atoms with Crippen LogP contribution in [0.5, 0.6) is 0 Å². The summed E-state index contributed by atoms with van der Waals surface area (Å²) in [5.74, 6) is 0.906. The molecular weight excluding hydrogens is 406 g/mol. The van der Waals surface area contributed by atoms with Crippen LogP contribution >= 0.6 is 0 Å². The van der Waals surface area contributed by atoms with Crippen LogP contribution in [0.25, 0.3) is 10.9 Å². The monoisotopic (exact) mass is 441 g/mol. The number of nitrogens with two attached hydrogens (primary N) is 1. The molecule has 174 valence electrons. The Morgan fingerprint density at radius 2 is 1.75 bits per heavy atom. The Kier molecular flexibility index (Phi) is 7.18. The standard InChI is InChI=1S/C23H35N7O2/c1-15(2)19(20(24)31)27-21-16-8-6-7-9-17(16)25-18(26-21)14-29-10-12-30(13-11-29)22(32)28-23(3,4)5/h6-9,15,19H,10-14H2,1-5H3,(H2,24,31)(H,28,32)(H,25,26,27)/t19-/m0/s1. The molecule has 0 spiro atoms. The lowest BCUT2D eigenvalue weighted by Crippen LogP contribution is -2.54. The van der Waals surface area contributed by atoms with Crippen LogP contribution in [0.15, 0.2) is 24.3 Å². The molecule has 1 aromatic heterocycles. The number of urea groups is 1. The lowest BCUT2D eigenvalue weighted by Gasteiger charge is -2.36. The second kappa shape index (κ2) is 9.68. The first-order valence-electron chi connectivity index (χ1n) is 11.1. The third-order valence-electron chi connectivity index (χ3n) is 5.42. The third kappa shape index (κ3) is 6.06. The third-order valence-corrected chi connectivity index (χ3v) is 5.42. The zero-order valence-electron chi connectivity index (χ0n) is 19.7. The van der Waals surface area contributed by atoms with Crippen LogP contribution in [0.4, 0.5) is 10.6 Å². The second-order valence-corrected chi connectivity index (χ2v) is 9.72. The summed E-state index contributed by atoms with van der Waals surface area (Å²) in [5.41, 5.74) is 6.16. The number of anilines is 1. The van der Waals surface area contributed by atoms with Gasteiger partial charge in [-0.15, -0.1) is 0 Å². The fraction of sp³-hybridized carbons (Fsp3) is 0.565. The number of rotatable bonds is 6. The highest BCUT2D eigenvalue weighted by Crippen LogP contribution is 2.23. The molecule has 1 saturated heterocycles. The number of hydrogen-bond acceptors (Lipinski definition) is 6. The molecule has 1 aliphatic rings. The van der Waals surface area contributed by atoms with E-state index in [1.54, 1.807) is 0 Å². The summed E-state index contributed by atoms with van der Waals surface area (Å²) in [7, 11) is 0. The zero-order chi connectivity index (χ0) is 23.5. The Morgan fingerprint density at radius 3 is 2.34 bits per heavy atom. The quantitative estimate of drug-likeness (QED) is 0.633. The van der Waals surface area contributed by atoms with E-state index >= 15 is 0 Å². The summed E-state index contributed by atoms with van der Waals surface area (Å²) in [6.45, 7) is 13.2. The first-order valence-corrected chi connectivity index (χ1v) is 11.1. The van der Waals surface area contributed by atoms with Gasteiger partial charge in [-0.3, -0.25) is 9.69 Å². The Morgan fingerprint density at radius 1 is 1.09 bits per heavy atom. The van der Waals surface area contributed by atoms with Crippen molar-refractivity contribution in [3.63, 3.8) is 0 Å². The topological polar surface area (TPSA) is 116 Å². The van der Waals surface area contributed by atoms with Crippen LogP contribution < -0.4 is 16.4 Å². The van der Waals surface area contributed by atoms with Gasteiger partial charge in [-0.1, -0.05) is 26.0 Å². The summed E-state index contributed by atoms with van der Waals surface area (Å²) in [5, 5.41) is 7.11. The summed E-state index contributed by atoms with van der Waals surface area (Å²) < 4.78 is 0. The first kappa shape index (κ1) is 23.7. The average molecular weight is 442 g/mol. The fourth-order valence-corrected chi connectivity index (χ4v) is 3.73. The van der Waals surface area contributed by atoms with Crippen LogP contribution in [0.2, 0.25) is 0 Å². The number of piperazine rings is 1. The molecule has 4 N–H and O–H groups in total. The van der Waals surface area contributed by atoms with Gasteiger partial charge in [0, 0.05) is 37.1 Å². The molecule has 32 heavy (non-hydrogen) atoms. The van der Waals surface area contributed by atoms with Crippen LogP contribution in [0.1, 0.15) is 40.4 Å². The highest BCUT2D eigenvalue weighted by Gasteiger charge is 2.25. The van der Waals surface area contributed by atoms with E-state index in [1.165, 1.54) is 0 Å². The maximum atomic E-state index is 12.4. The maximum Gasteiger partial charge on any atom is 0.317 e. The van der Waals surface area contributed by atoms with Gasteiger partial charge in [0.1, 0.15) is 17.7 Å². The van der Waals surface area contributed by atoms with Crippen molar-refractivity contribution < 1.29 is 9.59 Å². The number of hydrogen-bond donors (Lipinski definition) is 3. The van der Waals surface area contributed by atoms with Crippen molar-refractivity contribution in [3.8, 4) is 0 Å². The summed E-state index contributed by atoms with van der Waals surface area (Å²) in [4.78, 5) is 37.9. The molecule has 1 aliphatic heterocycles. The second-order valence-electron chi connectivity index (χ2n) is 9.72. The molecule has 0 saturated carbocycles. The summed E-state index contributed by atoms with van der Waals surface area (Å²) in [6.07, 6.45) is 0. The highest BCUT2D eigenvalue weighted by molar-refractivity contribution is 5.91. The van der Waals surface area contributed by atoms with Gasteiger partial charge in [-0.25, -0.2) is 14.8 Å². The zero-order valence-corrected chi connectivity index (χ0v) is 19.7. The molecule has 0 unspecified atom stereocenters. The van der Waals surface area contributed by atoms with Crippen LogP contribution in [-0.2, 0) is 11.3 Å². The molecule has 3 amide bonds. The van der Waals surface area contributed by atoms with Crippen LogP contribution in [0, 0.1) is 5.92 Å². The predicted octanol–water partition coefficient (Wildman–Crippen LogP) is 2.18. The summed E-state index contributed by atoms with van der Waals surface area (Å²) in [6, 6.07) is 7.18. The van der Waals surface area contributed by atoms with Gasteiger partial charge >= 0.3 is 6.03 Å². The molecule has 0 aliphatic carbocycles. The number of para-hydroxylation sites is 1. The number of amides is 3. The van der Waals surface area contributed by atoms with Crippen molar-refractivity contribution in [2.24, 2.45) is 11.7 Å². The van der Waals surface area contributed by atoms with E-state index in [1.807, 2.05) is 63.8 Å². The number of carbonyl (C=O) groups excluding carboxylic acids is 2. The normalized spacial score (nSPS) is 16.2. The number of aromatic nitrogens is 2. The van der Waals surface area contributed by atoms with E-state index in [-0.39, 0.29) is 17.5 Å². The van der Waals surface area contributed by atoms with Crippen LogP contribution in [0.3, 0.4) is 0 Å². The van der Waals surface area contributed by atoms with Crippen molar-refractivity contribution in [3.05, 3.63) is 30.1 Å². The Labute approximate surface area is 189 Å². The number of primary amides is 1. The minimum Gasteiger partial charge on any atom is -0.368 e. The highest BCUT2D eigenvalue weighted by atomic mass is 16.2. The average Bonchev–Trinajstić information content (AvgIpc) is 2.70. The molecule has 3 rings (SSSR count). The largest absolute Gasteiger partial charge is 0.368 e. The van der Waals surface area contributed by atoms with Gasteiger partial charge in [0.2, 0.25) is 5.91 Å². The van der Waals surface area contributed by atoms with E-state index in [0.717, 1.165) is 24.0 Å². The molecule has 0 radical (unpaired) electrons. The molecule has 1 aromatic carbocycles.